The Morgan fingerprint density at radius 1 is 1.39 bits per heavy atom. The van der Waals surface area contributed by atoms with Crippen molar-refractivity contribution in [2.24, 2.45) is 5.73 Å². The largest absolute Gasteiger partial charge is 0.318 e. The lowest BCUT2D eigenvalue weighted by Crippen LogP contribution is -2.24. The van der Waals surface area contributed by atoms with Crippen LogP contribution in [0.25, 0.3) is 0 Å². The molecule has 1 heterocycles. The van der Waals surface area contributed by atoms with Crippen LogP contribution in [0.1, 0.15) is 24.4 Å². The Morgan fingerprint density at radius 3 is 2.78 bits per heavy atom. The van der Waals surface area contributed by atoms with E-state index in [1.54, 1.807) is 4.68 Å². The molecule has 2 rings (SSSR count). The van der Waals surface area contributed by atoms with E-state index in [-0.39, 0.29) is 12.2 Å². The number of Topliss-reactive ketones (excluding diaryl/α,β-unsaturated/α-hetero) is 1. The molecule has 2 N–H and O–H groups in total. The van der Waals surface area contributed by atoms with Crippen LogP contribution >= 0.6 is 0 Å². The Hall–Kier alpha value is -2.01. The molecule has 0 fully saturated rings. The van der Waals surface area contributed by atoms with Gasteiger partial charge in [0.25, 0.3) is 0 Å². The minimum absolute atomic E-state index is 0.0519. The number of nitrogens with two attached hydrogens (primary N) is 1. The standard InChI is InChI=1S/C13H16N4O/c1-2-17-12(15-9-16-17)8-11(18)13(14)10-6-4-3-5-7-10/h3-7,9,13H,2,8,14H2,1H3. The number of hydrogen-bond acceptors (Lipinski definition) is 4. The highest BCUT2D eigenvalue weighted by Gasteiger charge is 2.18. The van der Waals surface area contributed by atoms with E-state index in [2.05, 4.69) is 10.1 Å². The monoisotopic (exact) mass is 244 g/mol. The van der Waals surface area contributed by atoms with Crippen LogP contribution in [0.2, 0.25) is 0 Å². The summed E-state index contributed by atoms with van der Waals surface area (Å²) in [4.78, 5) is 16.2. The van der Waals surface area contributed by atoms with Gasteiger partial charge in [-0.15, -0.1) is 0 Å². The second-order valence-corrected chi connectivity index (χ2v) is 4.02. The summed E-state index contributed by atoms with van der Waals surface area (Å²) < 4.78 is 1.70. The van der Waals surface area contributed by atoms with Gasteiger partial charge in [-0.05, 0) is 12.5 Å². The maximum atomic E-state index is 12.1. The summed E-state index contributed by atoms with van der Waals surface area (Å²) in [6.45, 7) is 2.66. The second-order valence-electron chi connectivity index (χ2n) is 4.02. The summed E-state index contributed by atoms with van der Waals surface area (Å²) in [6.07, 6.45) is 1.67. The van der Waals surface area contributed by atoms with Crippen LogP contribution < -0.4 is 5.73 Å². The summed E-state index contributed by atoms with van der Waals surface area (Å²) in [5, 5.41) is 4.03. The van der Waals surface area contributed by atoms with Gasteiger partial charge in [-0.25, -0.2) is 9.67 Å². The lowest BCUT2D eigenvalue weighted by molar-refractivity contribution is -0.119. The second kappa shape index (κ2) is 5.55. The molecule has 0 saturated carbocycles. The smallest absolute Gasteiger partial charge is 0.161 e. The molecule has 0 amide bonds. The van der Waals surface area contributed by atoms with Crippen molar-refractivity contribution in [3.05, 3.63) is 48.0 Å². The van der Waals surface area contributed by atoms with Gasteiger partial charge >= 0.3 is 0 Å². The van der Waals surface area contributed by atoms with Crippen molar-refractivity contribution in [2.75, 3.05) is 0 Å². The number of ketones is 1. The van der Waals surface area contributed by atoms with Crippen LogP contribution in [0.4, 0.5) is 0 Å². The molecule has 0 radical (unpaired) electrons. The van der Waals surface area contributed by atoms with Crippen LogP contribution in [0.3, 0.4) is 0 Å². The van der Waals surface area contributed by atoms with E-state index in [1.165, 1.54) is 6.33 Å². The van der Waals surface area contributed by atoms with Crippen LogP contribution in [0.5, 0.6) is 0 Å². The number of rotatable bonds is 5. The van der Waals surface area contributed by atoms with Crippen molar-refractivity contribution in [1.29, 1.82) is 0 Å². The fraction of sp³-hybridized carbons (Fsp3) is 0.308. The van der Waals surface area contributed by atoms with E-state index in [1.807, 2.05) is 37.3 Å². The molecule has 0 saturated heterocycles. The molecule has 0 spiro atoms. The van der Waals surface area contributed by atoms with Crippen molar-refractivity contribution in [2.45, 2.75) is 25.9 Å². The molecule has 1 atom stereocenters. The highest BCUT2D eigenvalue weighted by molar-refractivity contribution is 5.86. The number of carbonyl (C=O) groups is 1. The van der Waals surface area contributed by atoms with Gasteiger partial charge in [-0.3, -0.25) is 4.79 Å². The van der Waals surface area contributed by atoms with Crippen LogP contribution in [-0.4, -0.2) is 20.5 Å². The quantitative estimate of drug-likeness (QED) is 0.855. The predicted octanol–water partition coefficient (Wildman–Crippen LogP) is 1.11. The molecule has 5 nitrogen and oxygen atoms in total. The lowest BCUT2D eigenvalue weighted by Gasteiger charge is -2.10. The predicted molar refractivity (Wildman–Crippen MR) is 67.8 cm³/mol. The molecule has 1 aromatic carbocycles. The Labute approximate surface area is 106 Å². The molecule has 2 aromatic rings. The summed E-state index contributed by atoms with van der Waals surface area (Å²) in [7, 11) is 0. The zero-order valence-electron chi connectivity index (χ0n) is 10.3. The van der Waals surface area contributed by atoms with Gasteiger partial charge in [-0.2, -0.15) is 5.10 Å². The number of aromatic nitrogens is 3. The van der Waals surface area contributed by atoms with Gasteiger partial charge in [0.2, 0.25) is 0 Å². The first kappa shape index (κ1) is 12.4. The molecule has 1 unspecified atom stereocenters. The molecule has 0 aliphatic carbocycles. The highest BCUT2D eigenvalue weighted by Crippen LogP contribution is 2.12. The highest BCUT2D eigenvalue weighted by atomic mass is 16.1. The van der Waals surface area contributed by atoms with Gasteiger partial charge < -0.3 is 5.73 Å². The molecule has 0 bridgehead atoms. The van der Waals surface area contributed by atoms with E-state index < -0.39 is 6.04 Å². The number of nitrogens with zero attached hydrogens (tertiary/aromatic N) is 3. The fourth-order valence-electron chi connectivity index (χ4n) is 1.80. The first-order chi connectivity index (χ1) is 8.72. The van der Waals surface area contributed by atoms with Crippen molar-refractivity contribution in [3.63, 3.8) is 0 Å². The van der Waals surface area contributed by atoms with Crippen LogP contribution in [0, 0.1) is 0 Å². The normalized spacial score (nSPS) is 12.3. The summed E-state index contributed by atoms with van der Waals surface area (Å²) in [5.74, 6) is 0.609. The number of aryl methyl sites for hydroxylation is 1. The van der Waals surface area contributed by atoms with E-state index in [0.29, 0.717) is 12.4 Å². The van der Waals surface area contributed by atoms with Gasteiger partial charge in [0.05, 0.1) is 12.5 Å². The van der Waals surface area contributed by atoms with E-state index in [4.69, 9.17) is 5.73 Å². The van der Waals surface area contributed by atoms with Gasteiger partial charge in [0, 0.05) is 6.54 Å². The summed E-state index contributed by atoms with van der Waals surface area (Å²) in [5.41, 5.74) is 6.76. The Bertz CT molecular complexity index is 521. The Balaban J connectivity index is 2.09. The average Bonchev–Trinajstić information content (AvgIpc) is 2.86. The Morgan fingerprint density at radius 2 is 2.11 bits per heavy atom. The third kappa shape index (κ3) is 2.62. The SMILES string of the molecule is CCn1ncnc1CC(=O)C(N)c1ccccc1. The van der Waals surface area contributed by atoms with Gasteiger partial charge in [0.15, 0.2) is 5.78 Å². The van der Waals surface area contributed by atoms with E-state index in [0.717, 1.165) is 5.56 Å². The van der Waals surface area contributed by atoms with Crippen molar-refractivity contribution < 1.29 is 4.79 Å². The molecular formula is C13H16N4O. The van der Waals surface area contributed by atoms with Crippen LogP contribution in [0.15, 0.2) is 36.7 Å². The minimum Gasteiger partial charge on any atom is -0.318 e. The van der Waals surface area contributed by atoms with Crippen molar-refractivity contribution in [1.82, 2.24) is 14.8 Å². The van der Waals surface area contributed by atoms with Gasteiger partial charge in [0.1, 0.15) is 12.2 Å². The summed E-state index contributed by atoms with van der Waals surface area (Å²) >= 11 is 0. The van der Waals surface area contributed by atoms with E-state index in [9.17, 15) is 4.79 Å². The first-order valence-electron chi connectivity index (χ1n) is 5.92. The number of benzene rings is 1. The number of carbonyl (C=O) groups excluding carboxylic acids is 1. The van der Waals surface area contributed by atoms with Crippen molar-refractivity contribution >= 4 is 5.78 Å². The average molecular weight is 244 g/mol. The third-order valence-corrected chi connectivity index (χ3v) is 2.83. The fourth-order valence-corrected chi connectivity index (χ4v) is 1.80. The Kier molecular flexibility index (Phi) is 3.84. The van der Waals surface area contributed by atoms with E-state index >= 15 is 0 Å². The first-order valence-corrected chi connectivity index (χ1v) is 5.92. The maximum Gasteiger partial charge on any atom is 0.161 e. The zero-order valence-corrected chi connectivity index (χ0v) is 10.3. The minimum atomic E-state index is -0.604. The summed E-state index contributed by atoms with van der Waals surface area (Å²) in [6, 6.07) is 8.75. The maximum absolute atomic E-state index is 12.1. The van der Waals surface area contributed by atoms with Crippen molar-refractivity contribution in [3.8, 4) is 0 Å². The third-order valence-electron chi connectivity index (χ3n) is 2.83. The van der Waals surface area contributed by atoms with Gasteiger partial charge in [-0.1, -0.05) is 30.3 Å². The molecule has 0 aliphatic heterocycles. The molecule has 5 heteroatoms. The zero-order chi connectivity index (χ0) is 13.0. The molecular weight excluding hydrogens is 228 g/mol. The molecule has 18 heavy (non-hydrogen) atoms. The molecule has 0 aliphatic rings. The lowest BCUT2D eigenvalue weighted by atomic mass is 10.0. The molecule has 94 valence electrons. The number of hydrogen-bond donors (Lipinski definition) is 1. The molecule has 1 aromatic heterocycles. The van der Waals surface area contributed by atoms with Crippen LogP contribution in [-0.2, 0) is 17.8 Å². The topological polar surface area (TPSA) is 73.8 Å².